The van der Waals surface area contributed by atoms with Crippen LogP contribution in [0.25, 0.3) is 22.5 Å². The van der Waals surface area contributed by atoms with Crippen molar-refractivity contribution in [1.82, 2.24) is 20.6 Å². The zero-order chi connectivity index (χ0) is 26.4. The topological polar surface area (TPSA) is 86.8 Å². The first-order valence-electron chi connectivity index (χ1n) is 12.9. The molecule has 1 heterocycles. The molecule has 0 radical (unpaired) electrons. The van der Waals surface area contributed by atoms with Crippen LogP contribution in [0.3, 0.4) is 0 Å². The lowest BCUT2D eigenvalue weighted by Gasteiger charge is -2.31. The molecular weight excluding hydrogens is 460 g/mol. The molecule has 0 aliphatic carbocycles. The van der Waals surface area contributed by atoms with Crippen molar-refractivity contribution in [2.45, 2.75) is 41.0 Å². The van der Waals surface area contributed by atoms with E-state index in [9.17, 15) is 4.79 Å². The summed E-state index contributed by atoms with van der Waals surface area (Å²) in [5.74, 6) is 1.24. The number of hydrogen-bond acceptors (Lipinski definition) is 5. The highest BCUT2D eigenvalue weighted by Crippen LogP contribution is 2.42. The van der Waals surface area contributed by atoms with Gasteiger partial charge in [0.15, 0.2) is 0 Å². The summed E-state index contributed by atoms with van der Waals surface area (Å²) in [5.41, 5.74) is 6.51. The molecule has 192 valence electrons. The summed E-state index contributed by atoms with van der Waals surface area (Å²) in [5, 5.41) is 18.4. The molecule has 0 unspecified atom stereocenters. The van der Waals surface area contributed by atoms with Gasteiger partial charge in [-0.05, 0) is 46.7 Å². The largest absolute Gasteiger partial charge is 0.369 e. The Morgan fingerprint density at radius 3 is 2.19 bits per heavy atom. The van der Waals surface area contributed by atoms with Crippen molar-refractivity contribution >= 4 is 17.3 Å². The molecule has 2 N–H and O–H groups in total. The standard InChI is InChI=1S/C30H36N6O/c1-20(2)18-36(19-21(3)4)26-16-15-25(24-9-7-6-8-10-24)28(30-32-34-35-33-30)29(26)31-27(37)17-23-13-11-22(5)12-14-23/h6-16,20-21H,17-19H2,1-5H3,(H,31,37)(H,32,33,34,35). The van der Waals surface area contributed by atoms with Gasteiger partial charge >= 0.3 is 0 Å². The minimum atomic E-state index is -0.0888. The Labute approximate surface area is 219 Å². The Balaban J connectivity index is 1.87. The molecule has 4 aromatic rings. The minimum Gasteiger partial charge on any atom is -0.369 e. The summed E-state index contributed by atoms with van der Waals surface area (Å²) in [7, 11) is 0. The van der Waals surface area contributed by atoms with Crippen LogP contribution in [0.15, 0.2) is 66.7 Å². The summed E-state index contributed by atoms with van der Waals surface area (Å²) in [6.45, 7) is 12.6. The van der Waals surface area contributed by atoms with Crippen molar-refractivity contribution in [3.05, 3.63) is 77.9 Å². The van der Waals surface area contributed by atoms with Gasteiger partial charge in [-0.15, -0.1) is 10.2 Å². The molecule has 1 amide bonds. The van der Waals surface area contributed by atoms with Crippen LogP contribution >= 0.6 is 0 Å². The molecule has 0 aliphatic rings. The molecule has 7 heteroatoms. The van der Waals surface area contributed by atoms with Crippen LogP contribution in [0.5, 0.6) is 0 Å². The van der Waals surface area contributed by atoms with E-state index in [1.165, 1.54) is 5.56 Å². The number of aryl methyl sites for hydroxylation is 1. The number of H-pyrrole nitrogens is 1. The smallest absolute Gasteiger partial charge is 0.228 e. The van der Waals surface area contributed by atoms with Crippen molar-refractivity contribution in [2.75, 3.05) is 23.3 Å². The van der Waals surface area contributed by atoms with Crippen LogP contribution in [-0.2, 0) is 11.2 Å². The normalized spacial score (nSPS) is 11.2. The minimum absolute atomic E-state index is 0.0888. The second kappa shape index (κ2) is 11.8. The Morgan fingerprint density at radius 1 is 0.919 bits per heavy atom. The molecule has 1 aromatic heterocycles. The molecule has 0 fully saturated rings. The third-order valence-electron chi connectivity index (χ3n) is 6.10. The van der Waals surface area contributed by atoms with E-state index in [0.29, 0.717) is 23.3 Å². The molecule has 0 bridgehead atoms. The number of carbonyl (C=O) groups excluding carboxylic acids is 1. The van der Waals surface area contributed by atoms with Crippen molar-refractivity contribution < 1.29 is 4.79 Å². The zero-order valence-electron chi connectivity index (χ0n) is 22.3. The van der Waals surface area contributed by atoms with E-state index in [1.807, 2.05) is 49.4 Å². The van der Waals surface area contributed by atoms with E-state index < -0.39 is 0 Å². The quantitative estimate of drug-likeness (QED) is 0.275. The number of aromatic nitrogens is 4. The van der Waals surface area contributed by atoms with Gasteiger partial charge in [0, 0.05) is 13.1 Å². The van der Waals surface area contributed by atoms with Gasteiger partial charge in [0.1, 0.15) is 0 Å². The maximum Gasteiger partial charge on any atom is 0.228 e. The number of tetrazole rings is 1. The number of aromatic amines is 1. The van der Waals surface area contributed by atoms with Gasteiger partial charge < -0.3 is 10.2 Å². The lowest BCUT2D eigenvalue weighted by atomic mass is 9.95. The summed E-state index contributed by atoms with van der Waals surface area (Å²) >= 11 is 0. The molecule has 0 saturated heterocycles. The predicted octanol–water partition coefficient (Wildman–Crippen LogP) is 6.14. The first-order valence-corrected chi connectivity index (χ1v) is 12.9. The number of hydrogen-bond donors (Lipinski definition) is 2. The lowest BCUT2D eigenvalue weighted by Crippen LogP contribution is -2.32. The summed E-state index contributed by atoms with van der Waals surface area (Å²) < 4.78 is 0. The van der Waals surface area contributed by atoms with Crippen LogP contribution in [0.4, 0.5) is 11.4 Å². The fraction of sp³-hybridized carbons (Fsp3) is 0.333. The second-order valence-corrected chi connectivity index (χ2v) is 10.4. The Bertz CT molecular complexity index is 1290. The van der Waals surface area contributed by atoms with Crippen molar-refractivity contribution in [2.24, 2.45) is 11.8 Å². The molecule has 4 rings (SSSR count). The average molecular weight is 497 g/mol. The van der Waals surface area contributed by atoms with Crippen molar-refractivity contribution in [3.8, 4) is 22.5 Å². The van der Waals surface area contributed by atoms with Gasteiger partial charge in [0.2, 0.25) is 11.7 Å². The fourth-order valence-electron chi connectivity index (χ4n) is 4.57. The van der Waals surface area contributed by atoms with E-state index in [0.717, 1.165) is 41.0 Å². The summed E-state index contributed by atoms with van der Waals surface area (Å²) in [6.07, 6.45) is 0.273. The molecule has 7 nitrogen and oxygen atoms in total. The van der Waals surface area contributed by atoms with Crippen LogP contribution in [-0.4, -0.2) is 39.6 Å². The molecule has 37 heavy (non-hydrogen) atoms. The molecule has 0 saturated carbocycles. The maximum absolute atomic E-state index is 13.5. The van der Waals surface area contributed by atoms with E-state index in [1.54, 1.807) is 0 Å². The van der Waals surface area contributed by atoms with Crippen molar-refractivity contribution in [1.29, 1.82) is 0 Å². The monoisotopic (exact) mass is 496 g/mol. The van der Waals surface area contributed by atoms with Crippen LogP contribution in [0, 0.1) is 18.8 Å². The number of carbonyl (C=O) groups is 1. The van der Waals surface area contributed by atoms with Gasteiger partial charge in [-0.1, -0.05) is 93.9 Å². The molecule has 0 spiro atoms. The highest BCUT2D eigenvalue weighted by atomic mass is 16.1. The number of nitrogens with zero attached hydrogens (tertiary/aromatic N) is 4. The molecule has 0 aliphatic heterocycles. The molecule has 3 aromatic carbocycles. The Kier molecular flexibility index (Phi) is 8.33. The van der Waals surface area contributed by atoms with Crippen LogP contribution in [0.1, 0.15) is 38.8 Å². The highest BCUT2D eigenvalue weighted by molar-refractivity contribution is 6.04. The zero-order valence-corrected chi connectivity index (χ0v) is 22.3. The van der Waals surface area contributed by atoms with Gasteiger partial charge in [0.25, 0.3) is 0 Å². The van der Waals surface area contributed by atoms with E-state index >= 15 is 0 Å². The highest BCUT2D eigenvalue weighted by Gasteiger charge is 2.25. The number of rotatable bonds is 10. The number of amides is 1. The van der Waals surface area contributed by atoms with Gasteiger partial charge in [-0.2, -0.15) is 5.21 Å². The summed E-state index contributed by atoms with van der Waals surface area (Å²) in [6, 6.07) is 22.4. The van der Waals surface area contributed by atoms with E-state index in [4.69, 9.17) is 0 Å². The molecular formula is C30H36N6O. The van der Waals surface area contributed by atoms with Gasteiger partial charge in [-0.25, -0.2) is 0 Å². The third-order valence-corrected chi connectivity index (χ3v) is 6.10. The van der Waals surface area contributed by atoms with Crippen LogP contribution in [0.2, 0.25) is 0 Å². The summed E-state index contributed by atoms with van der Waals surface area (Å²) in [4.78, 5) is 15.8. The first-order chi connectivity index (χ1) is 17.8. The Morgan fingerprint density at radius 2 is 1.59 bits per heavy atom. The van der Waals surface area contributed by atoms with Gasteiger partial charge in [-0.3, -0.25) is 4.79 Å². The fourth-order valence-corrected chi connectivity index (χ4v) is 4.57. The average Bonchev–Trinajstić information content (AvgIpc) is 3.39. The van der Waals surface area contributed by atoms with Crippen molar-refractivity contribution in [3.63, 3.8) is 0 Å². The SMILES string of the molecule is Cc1ccc(CC(=O)Nc2c(N(CC(C)C)CC(C)C)ccc(-c3ccccc3)c2-c2nn[nH]n2)cc1. The molecule has 0 atom stereocenters. The number of anilines is 2. The third kappa shape index (κ3) is 6.61. The number of benzene rings is 3. The van der Waals surface area contributed by atoms with E-state index in [-0.39, 0.29) is 12.3 Å². The van der Waals surface area contributed by atoms with Gasteiger partial charge in [0.05, 0.1) is 23.4 Å². The number of nitrogens with one attached hydrogen (secondary N) is 2. The predicted molar refractivity (Wildman–Crippen MR) is 150 cm³/mol. The van der Waals surface area contributed by atoms with E-state index in [2.05, 4.69) is 82.8 Å². The Hall–Kier alpha value is -4.00. The second-order valence-electron chi connectivity index (χ2n) is 10.4. The first kappa shape index (κ1) is 26.1. The lowest BCUT2D eigenvalue weighted by molar-refractivity contribution is -0.115. The maximum atomic E-state index is 13.5. The van der Waals surface area contributed by atoms with Crippen LogP contribution < -0.4 is 10.2 Å².